The Morgan fingerprint density at radius 2 is 2.06 bits per heavy atom. The van der Waals surface area contributed by atoms with E-state index in [2.05, 4.69) is 18.0 Å². The van der Waals surface area contributed by atoms with E-state index < -0.39 is 0 Å². The Morgan fingerprint density at radius 1 is 1.11 bits per heavy atom. The molecule has 2 heterocycles. The highest BCUT2D eigenvalue weighted by Crippen LogP contribution is 2.25. The zero-order chi connectivity index (χ0) is 12.4. The number of fused-ring (bicyclic) bond motifs is 1. The highest BCUT2D eigenvalue weighted by atomic mass is 18.3. The Labute approximate surface area is 105 Å². The molecule has 2 aromatic heterocycles. The molecule has 0 atom stereocenters. The second kappa shape index (κ2) is 4.53. The molecule has 0 spiro atoms. The predicted molar refractivity (Wildman–Crippen MR) is 69.5 cm³/mol. The third-order valence-electron chi connectivity index (χ3n) is 2.92. The number of furan rings is 1. The van der Waals surface area contributed by atoms with Crippen LogP contribution in [0.15, 0.2) is 53.3 Å². The van der Waals surface area contributed by atoms with E-state index >= 15 is 0 Å². The minimum absolute atomic E-state index is 0.396. The first-order chi connectivity index (χ1) is 8.84. The third-order valence-corrected chi connectivity index (χ3v) is 2.92. The molecule has 0 radical (unpaired) electrons. The molecular formula is C15H13NO2. The van der Waals surface area contributed by atoms with Gasteiger partial charge in [-0.1, -0.05) is 12.1 Å². The molecule has 0 amide bonds. The molecule has 3 nitrogen and oxygen atoms in total. The van der Waals surface area contributed by atoms with Crippen molar-refractivity contribution in [2.75, 3.05) is 0 Å². The van der Waals surface area contributed by atoms with Gasteiger partial charge >= 0.3 is 0 Å². The normalized spacial score (nSPS) is 10.7. The van der Waals surface area contributed by atoms with Crippen LogP contribution in [-0.4, -0.2) is 4.98 Å². The number of ether oxygens (including phenoxy) is 1. The molecule has 0 unspecified atom stereocenters. The molecular weight excluding hydrogens is 228 g/mol. The van der Waals surface area contributed by atoms with Gasteiger partial charge in [-0.15, -0.1) is 0 Å². The van der Waals surface area contributed by atoms with Gasteiger partial charge < -0.3 is 9.15 Å². The summed E-state index contributed by atoms with van der Waals surface area (Å²) in [6.45, 7) is 2.48. The molecule has 0 bridgehead atoms. The van der Waals surface area contributed by atoms with Crippen LogP contribution in [0.3, 0.4) is 0 Å². The Bertz CT molecular complexity index is 659. The zero-order valence-electron chi connectivity index (χ0n) is 10.1. The monoisotopic (exact) mass is 241 g/mol. The summed E-state index contributed by atoms with van der Waals surface area (Å²) in [7, 11) is 0. The van der Waals surface area contributed by atoms with Gasteiger partial charge in [0.1, 0.15) is 12.4 Å². The molecule has 0 aliphatic heterocycles. The van der Waals surface area contributed by atoms with E-state index in [0.29, 0.717) is 12.5 Å². The highest BCUT2D eigenvalue weighted by Gasteiger charge is 2.06. The average Bonchev–Trinajstić information content (AvgIpc) is 2.90. The first kappa shape index (κ1) is 10.8. The van der Waals surface area contributed by atoms with Gasteiger partial charge in [0.25, 0.3) is 0 Å². The fourth-order valence-corrected chi connectivity index (χ4v) is 1.99. The van der Waals surface area contributed by atoms with Crippen molar-refractivity contribution in [3.8, 4) is 5.88 Å². The molecule has 1 aromatic carbocycles. The minimum atomic E-state index is 0.396. The number of aromatic nitrogens is 1. The third kappa shape index (κ3) is 1.95. The molecule has 18 heavy (non-hydrogen) atoms. The van der Waals surface area contributed by atoms with Crippen LogP contribution < -0.4 is 4.74 Å². The van der Waals surface area contributed by atoms with Gasteiger partial charge in [0.15, 0.2) is 0 Å². The Hall–Kier alpha value is -2.29. The van der Waals surface area contributed by atoms with Crippen LogP contribution in [0.25, 0.3) is 10.8 Å². The number of nitrogens with zero attached hydrogens (tertiary/aromatic N) is 1. The van der Waals surface area contributed by atoms with Crippen LogP contribution in [0.2, 0.25) is 0 Å². The quantitative estimate of drug-likeness (QED) is 0.655. The van der Waals surface area contributed by atoms with Gasteiger partial charge in [-0.25, -0.2) is 4.98 Å². The first-order valence-electron chi connectivity index (χ1n) is 5.84. The molecule has 0 aliphatic carbocycles. The van der Waals surface area contributed by atoms with Crippen LogP contribution in [0.4, 0.5) is 0 Å². The van der Waals surface area contributed by atoms with Crippen LogP contribution >= 0.6 is 0 Å². The maximum Gasteiger partial charge on any atom is 0.221 e. The van der Waals surface area contributed by atoms with E-state index in [9.17, 15) is 0 Å². The van der Waals surface area contributed by atoms with E-state index in [-0.39, 0.29) is 0 Å². The second-order valence-corrected chi connectivity index (χ2v) is 4.15. The van der Waals surface area contributed by atoms with E-state index in [1.807, 2.05) is 30.3 Å². The number of hydrogen-bond donors (Lipinski definition) is 0. The average molecular weight is 241 g/mol. The van der Waals surface area contributed by atoms with Crippen molar-refractivity contribution in [1.29, 1.82) is 0 Å². The summed E-state index contributed by atoms with van der Waals surface area (Å²) in [6.07, 6.45) is 3.41. The van der Waals surface area contributed by atoms with Gasteiger partial charge in [-0.2, -0.15) is 0 Å². The van der Waals surface area contributed by atoms with Crippen molar-refractivity contribution in [2.24, 2.45) is 0 Å². The van der Waals surface area contributed by atoms with Crippen LogP contribution in [0.5, 0.6) is 5.88 Å². The van der Waals surface area contributed by atoms with E-state index in [4.69, 9.17) is 9.15 Å². The predicted octanol–water partition coefficient (Wildman–Crippen LogP) is 3.72. The minimum Gasteiger partial charge on any atom is -0.469 e. The second-order valence-electron chi connectivity index (χ2n) is 4.15. The van der Waals surface area contributed by atoms with Crippen molar-refractivity contribution in [1.82, 2.24) is 4.98 Å². The molecule has 0 N–H and O–H groups in total. The Morgan fingerprint density at radius 3 is 2.89 bits per heavy atom. The number of aryl methyl sites for hydroxylation is 1. The molecule has 0 aliphatic rings. The van der Waals surface area contributed by atoms with Gasteiger partial charge in [0, 0.05) is 11.6 Å². The van der Waals surface area contributed by atoms with Crippen LogP contribution in [0.1, 0.15) is 11.3 Å². The summed E-state index contributed by atoms with van der Waals surface area (Å²) in [5.41, 5.74) is 1.22. The van der Waals surface area contributed by atoms with Crippen molar-refractivity contribution in [2.45, 2.75) is 13.5 Å². The Kier molecular flexibility index (Phi) is 2.73. The SMILES string of the molecule is Cc1cccc2c([18O]Cc3ccco3)nccc12. The van der Waals surface area contributed by atoms with Crippen molar-refractivity contribution in [3.05, 3.63) is 60.2 Å². The molecule has 0 fully saturated rings. The topological polar surface area (TPSA) is 35.3 Å². The highest BCUT2D eigenvalue weighted by molar-refractivity contribution is 5.89. The molecule has 0 saturated heterocycles. The lowest BCUT2D eigenvalue weighted by Gasteiger charge is -2.08. The lowest BCUT2D eigenvalue weighted by atomic mass is 10.1. The van der Waals surface area contributed by atoms with Gasteiger partial charge in [0.2, 0.25) is 5.88 Å². The van der Waals surface area contributed by atoms with Gasteiger partial charge in [-0.3, -0.25) is 0 Å². The summed E-state index contributed by atoms with van der Waals surface area (Å²) in [6, 6.07) is 11.9. The lowest BCUT2D eigenvalue weighted by molar-refractivity contribution is 0.264. The van der Waals surface area contributed by atoms with Gasteiger partial charge in [0.05, 0.1) is 6.26 Å². The maximum atomic E-state index is 5.71. The maximum absolute atomic E-state index is 5.71. The molecule has 3 aromatic rings. The van der Waals surface area contributed by atoms with Gasteiger partial charge in [-0.05, 0) is 42.1 Å². The molecule has 3 rings (SSSR count). The molecule has 90 valence electrons. The zero-order valence-corrected chi connectivity index (χ0v) is 10.1. The van der Waals surface area contributed by atoms with Crippen molar-refractivity contribution < 1.29 is 9.15 Å². The number of hydrogen-bond acceptors (Lipinski definition) is 3. The lowest BCUT2D eigenvalue weighted by Crippen LogP contribution is -1.96. The summed E-state index contributed by atoms with van der Waals surface area (Å²) < 4.78 is 11.0. The summed E-state index contributed by atoms with van der Waals surface area (Å²) in [5.74, 6) is 1.44. The molecule has 0 saturated carbocycles. The van der Waals surface area contributed by atoms with E-state index in [0.717, 1.165) is 11.1 Å². The van der Waals surface area contributed by atoms with Crippen molar-refractivity contribution in [3.63, 3.8) is 0 Å². The van der Waals surface area contributed by atoms with Crippen molar-refractivity contribution >= 4 is 10.8 Å². The van der Waals surface area contributed by atoms with E-state index in [1.165, 1.54) is 10.9 Å². The fourth-order valence-electron chi connectivity index (χ4n) is 1.99. The number of pyridine rings is 1. The number of rotatable bonds is 3. The van der Waals surface area contributed by atoms with Crippen LogP contribution in [-0.2, 0) is 6.61 Å². The fraction of sp³-hybridized carbons (Fsp3) is 0.133. The first-order valence-corrected chi connectivity index (χ1v) is 5.84. The summed E-state index contributed by atoms with van der Waals surface area (Å²) >= 11 is 0. The van der Waals surface area contributed by atoms with Crippen LogP contribution in [0, 0.1) is 6.92 Å². The Balaban J connectivity index is 1.94. The summed E-state index contributed by atoms with van der Waals surface area (Å²) in [4.78, 5) is 4.28. The smallest absolute Gasteiger partial charge is 0.221 e. The standard InChI is InChI=1S/C15H13NO2/c1-11-4-2-6-14-13(11)7-8-16-15(14)18-10-12-5-3-9-17-12/h2-9H,10H2,1H3/i18+2. The largest absolute Gasteiger partial charge is 0.469 e. The summed E-state index contributed by atoms with van der Waals surface area (Å²) in [5, 5.41) is 2.20. The van der Waals surface area contributed by atoms with E-state index in [1.54, 1.807) is 12.5 Å². The number of benzene rings is 1. The molecule has 3 heteroatoms.